The highest BCUT2D eigenvalue weighted by Crippen LogP contribution is 2.18. The maximum Gasteiger partial charge on any atom is 0.287 e. The topological polar surface area (TPSA) is 89.2 Å². The number of nitrogens with one attached hydrogen (secondary N) is 2. The molecule has 98 valence electrons. The summed E-state index contributed by atoms with van der Waals surface area (Å²) >= 11 is 0. The van der Waals surface area contributed by atoms with Crippen molar-refractivity contribution in [3.05, 3.63) is 28.1 Å². The van der Waals surface area contributed by atoms with Crippen molar-refractivity contribution >= 4 is 11.6 Å². The fourth-order valence-electron chi connectivity index (χ4n) is 2.13. The number of carbonyl (C=O) groups is 1. The molecule has 1 amide bonds. The molecule has 1 aromatic rings. The number of rotatable bonds is 3. The predicted molar refractivity (Wildman–Crippen MR) is 65.4 cm³/mol. The van der Waals surface area contributed by atoms with E-state index in [1.54, 1.807) is 7.05 Å². The van der Waals surface area contributed by atoms with Crippen LogP contribution in [-0.2, 0) is 7.05 Å². The molecular formula is C11H16N4O3. The molecule has 1 saturated heterocycles. The molecule has 0 aliphatic carbocycles. The van der Waals surface area contributed by atoms with E-state index in [-0.39, 0.29) is 17.1 Å². The first-order chi connectivity index (χ1) is 8.41. The Morgan fingerprint density at radius 3 is 2.89 bits per heavy atom. The molecule has 2 rings (SSSR count). The van der Waals surface area contributed by atoms with Crippen molar-refractivity contribution < 1.29 is 9.72 Å². The van der Waals surface area contributed by atoms with Crippen LogP contribution in [0.2, 0.25) is 0 Å². The van der Waals surface area contributed by atoms with Crippen molar-refractivity contribution in [1.29, 1.82) is 0 Å². The third-order valence-electron chi connectivity index (χ3n) is 3.22. The summed E-state index contributed by atoms with van der Waals surface area (Å²) in [4.78, 5) is 22.2. The predicted octanol–water partition coefficient (Wildman–Crippen LogP) is 0.415. The van der Waals surface area contributed by atoms with Gasteiger partial charge in [0.15, 0.2) is 0 Å². The molecule has 1 aliphatic rings. The van der Waals surface area contributed by atoms with Crippen LogP contribution >= 0.6 is 0 Å². The quantitative estimate of drug-likeness (QED) is 0.602. The van der Waals surface area contributed by atoms with Gasteiger partial charge in [-0.1, -0.05) is 0 Å². The summed E-state index contributed by atoms with van der Waals surface area (Å²) in [6.07, 6.45) is 2.19. The van der Waals surface area contributed by atoms with E-state index in [9.17, 15) is 14.9 Å². The Labute approximate surface area is 104 Å². The van der Waals surface area contributed by atoms with Crippen LogP contribution in [0, 0.1) is 10.1 Å². The first-order valence-corrected chi connectivity index (χ1v) is 5.75. The summed E-state index contributed by atoms with van der Waals surface area (Å²) in [6.45, 7) is 3.54. The average molecular weight is 252 g/mol. The van der Waals surface area contributed by atoms with Crippen LogP contribution in [0.1, 0.15) is 23.8 Å². The number of hydrogen-bond donors (Lipinski definition) is 2. The monoisotopic (exact) mass is 252 g/mol. The zero-order chi connectivity index (χ0) is 13.3. The Kier molecular flexibility index (Phi) is 3.08. The van der Waals surface area contributed by atoms with Crippen LogP contribution in [-0.4, -0.2) is 34.0 Å². The average Bonchev–Trinajstić information content (AvgIpc) is 2.85. The Hall–Kier alpha value is -1.89. The van der Waals surface area contributed by atoms with Gasteiger partial charge in [-0.25, -0.2) is 0 Å². The van der Waals surface area contributed by atoms with Crippen LogP contribution in [0.4, 0.5) is 5.69 Å². The Balaban J connectivity index is 2.16. The molecule has 1 atom stereocenters. The molecule has 1 aromatic heterocycles. The molecule has 1 fully saturated rings. The molecule has 7 nitrogen and oxygen atoms in total. The normalized spacial score (nSPS) is 23.0. The lowest BCUT2D eigenvalue weighted by molar-refractivity contribution is -0.384. The van der Waals surface area contributed by atoms with E-state index in [4.69, 9.17) is 0 Å². The van der Waals surface area contributed by atoms with E-state index in [1.165, 1.54) is 16.8 Å². The highest BCUT2D eigenvalue weighted by molar-refractivity contribution is 5.94. The van der Waals surface area contributed by atoms with Crippen LogP contribution < -0.4 is 10.6 Å². The van der Waals surface area contributed by atoms with Crippen molar-refractivity contribution in [1.82, 2.24) is 15.2 Å². The second kappa shape index (κ2) is 4.41. The van der Waals surface area contributed by atoms with Crippen LogP contribution in [0.3, 0.4) is 0 Å². The number of nitrogens with zero attached hydrogens (tertiary/aromatic N) is 2. The zero-order valence-electron chi connectivity index (χ0n) is 10.4. The Bertz CT molecular complexity index is 488. The molecule has 1 aliphatic heterocycles. The van der Waals surface area contributed by atoms with Gasteiger partial charge in [-0.05, 0) is 19.9 Å². The van der Waals surface area contributed by atoms with Crippen LogP contribution in [0.5, 0.6) is 0 Å². The van der Waals surface area contributed by atoms with Gasteiger partial charge in [-0.2, -0.15) is 0 Å². The van der Waals surface area contributed by atoms with E-state index in [0.29, 0.717) is 12.2 Å². The minimum Gasteiger partial charge on any atom is -0.344 e. The maximum atomic E-state index is 12.1. The highest BCUT2D eigenvalue weighted by Gasteiger charge is 2.31. The van der Waals surface area contributed by atoms with Crippen LogP contribution in [0.25, 0.3) is 0 Å². The minimum atomic E-state index is -0.504. The van der Waals surface area contributed by atoms with Gasteiger partial charge in [0, 0.05) is 19.7 Å². The van der Waals surface area contributed by atoms with E-state index in [2.05, 4.69) is 10.6 Å². The smallest absolute Gasteiger partial charge is 0.287 e. The van der Waals surface area contributed by atoms with Crippen LogP contribution in [0.15, 0.2) is 12.3 Å². The molecule has 0 saturated carbocycles. The summed E-state index contributed by atoms with van der Waals surface area (Å²) in [6, 6.07) is 1.29. The zero-order valence-corrected chi connectivity index (χ0v) is 10.4. The highest BCUT2D eigenvalue weighted by atomic mass is 16.6. The Morgan fingerprint density at radius 1 is 1.67 bits per heavy atom. The number of carbonyl (C=O) groups excluding carboxylic acids is 1. The third kappa shape index (κ3) is 2.35. The molecule has 18 heavy (non-hydrogen) atoms. The van der Waals surface area contributed by atoms with Gasteiger partial charge in [-0.3, -0.25) is 14.9 Å². The first-order valence-electron chi connectivity index (χ1n) is 5.75. The number of aryl methyl sites for hydroxylation is 1. The molecular weight excluding hydrogens is 236 g/mol. The summed E-state index contributed by atoms with van der Waals surface area (Å²) < 4.78 is 1.47. The van der Waals surface area contributed by atoms with E-state index >= 15 is 0 Å². The summed E-state index contributed by atoms with van der Waals surface area (Å²) in [5.41, 5.74) is -0.0527. The van der Waals surface area contributed by atoms with Gasteiger partial charge in [0.1, 0.15) is 5.69 Å². The molecule has 1 unspecified atom stereocenters. The molecule has 7 heteroatoms. The summed E-state index contributed by atoms with van der Waals surface area (Å²) in [5, 5.41) is 16.7. The summed E-state index contributed by atoms with van der Waals surface area (Å²) in [5.74, 6) is -0.281. The fraction of sp³-hybridized carbons (Fsp3) is 0.545. The molecule has 2 heterocycles. The second-order valence-corrected chi connectivity index (χ2v) is 4.89. The lowest BCUT2D eigenvalue weighted by Crippen LogP contribution is -2.47. The molecule has 2 N–H and O–H groups in total. The van der Waals surface area contributed by atoms with E-state index in [0.717, 1.165) is 13.0 Å². The van der Waals surface area contributed by atoms with Crippen molar-refractivity contribution in [3.63, 3.8) is 0 Å². The van der Waals surface area contributed by atoms with Gasteiger partial charge in [0.25, 0.3) is 11.6 Å². The largest absolute Gasteiger partial charge is 0.344 e. The number of amides is 1. The van der Waals surface area contributed by atoms with Gasteiger partial charge in [-0.15, -0.1) is 0 Å². The van der Waals surface area contributed by atoms with E-state index in [1.807, 2.05) is 6.92 Å². The Morgan fingerprint density at radius 2 is 2.39 bits per heavy atom. The third-order valence-corrected chi connectivity index (χ3v) is 3.22. The lowest BCUT2D eigenvalue weighted by Gasteiger charge is -2.24. The minimum absolute atomic E-state index is 0.0719. The van der Waals surface area contributed by atoms with Crippen molar-refractivity contribution in [2.45, 2.75) is 18.9 Å². The molecule has 0 spiro atoms. The van der Waals surface area contributed by atoms with Gasteiger partial charge < -0.3 is 15.2 Å². The lowest BCUT2D eigenvalue weighted by atomic mass is 10.0. The molecule has 0 aromatic carbocycles. The summed E-state index contributed by atoms with van der Waals surface area (Å²) in [7, 11) is 1.62. The van der Waals surface area contributed by atoms with E-state index < -0.39 is 4.92 Å². The second-order valence-electron chi connectivity index (χ2n) is 4.89. The number of nitro groups is 1. The number of hydrogen-bond acceptors (Lipinski definition) is 4. The van der Waals surface area contributed by atoms with Gasteiger partial charge in [0.05, 0.1) is 16.7 Å². The maximum absolute atomic E-state index is 12.1. The van der Waals surface area contributed by atoms with Crippen molar-refractivity contribution in [2.24, 2.45) is 7.05 Å². The fourth-order valence-corrected chi connectivity index (χ4v) is 2.13. The number of aromatic nitrogens is 1. The van der Waals surface area contributed by atoms with Gasteiger partial charge >= 0.3 is 0 Å². The standard InChI is InChI=1S/C11H16N4O3/c1-11(3-4-12-7-11)13-10(16)9-5-8(15(17)18)6-14(9)2/h5-6,12H,3-4,7H2,1-2H3,(H,13,16). The SMILES string of the molecule is Cn1cc([N+](=O)[O-])cc1C(=O)NC1(C)CCNC1. The van der Waals surface area contributed by atoms with Crippen molar-refractivity contribution in [3.8, 4) is 0 Å². The molecule has 0 radical (unpaired) electrons. The molecule has 0 bridgehead atoms. The van der Waals surface area contributed by atoms with Gasteiger partial charge in [0.2, 0.25) is 0 Å². The first kappa shape index (κ1) is 12.6. The van der Waals surface area contributed by atoms with Crippen molar-refractivity contribution in [2.75, 3.05) is 13.1 Å².